The van der Waals surface area contributed by atoms with Gasteiger partial charge in [0.2, 0.25) is 10.0 Å². The number of hydrogen-bond donors (Lipinski definition) is 1. The highest BCUT2D eigenvalue weighted by atomic mass is 32.2. The molecule has 0 radical (unpaired) electrons. The molecule has 0 bridgehead atoms. The Hall–Kier alpha value is -0.920. The minimum atomic E-state index is -3.47. The zero-order valence-electron chi connectivity index (χ0n) is 11.6. The van der Waals surface area contributed by atoms with Crippen LogP contribution in [0.5, 0.6) is 0 Å². The normalized spacial score (nSPS) is 13.5. The van der Waals surface area contributed by atoms with Crippen molar-refractivity contribution in [1.29, 1.82) is 0 Å². The lowest BCUT2D eigenvalue weighted by atomic mass is 10.2. The van der Waals surface area contributed by atoms with Gasteiger partial charge in [-0.3, -0.25) is 4.79 Å². The Morgan fingerprint density at radius 1 is 1.47 bits per heavy atom. The summed E-state index contributed by atoms with van der Waals surface area (Å²) < 4.78 is 25.4. The molecular formula is C12H20N2O3S2. The quantitative estimate of drug-likeness (QED) is 0.873. The summed E-state index contributed by atoms with van der Waals surface area (Å²) in [6.45, 7) is 6.05. The van der Waals surface area contributed by atoms with E-state index in [0.717, 1.165) is 17.8 Å². The van der Waals surface area contributed by atoms with E-state index >= 15 is 0 Å². The Balaban J connectivity index is 2.92. The Bertz CT molecular complexity index is 537. The Kier molecular flexibility index (Phi) is 5.51. The number of carbonyl (C=O) groups excluding carboxylic acids is 1. The van der Waals surface area contributed by atoms with Crippen molar-refractivity contribution in [1.82, 2.24) is 9.62 Å². The predicted molar refractivity (Wildman–Crippen MR) is 77.0 cm³/mol. The van der Waals surface area contributed by atoms with E-state index in [1.165, 1.54) is 22.8 Å². The largest absolute Gasteiger partial charge is 0.349 e. The van der Waals surface area contributed by atoms with Crippen molar-refractivity contribution in [3.63, 3.8) is 0 Å². The first-order valence-electron chi connectivity index (χ1n) is 6.18. The van der Waals surface area contributed by atoms with Gasteiger partial charge in [-0.15, -0.1) is 11.3 Å². The molecule has 0 unspecified atom stereocenters. The van der Waals surface area contributed by atoms with Crippen molar-refractivity contribution in [2.45, 2.75) is 38.1 Å². The van der Waals surface area contributed by atoms with Gasteiger partial charge >= 0.3 is 0 Å². The van der Waals surface area contributed by atoms with Crippen LogP contribution in [0, 0.1) is 0 Å². The maximum Gasteiger partial charge on any atom is 0.261 e. The summed E-state index contributed by atoms with van der Waals surface area (Å²) in [5.74, 6) is -0.222. The second-order valence-corrected chi connectivity index (χ2v) is 7.30. The van der Waals surface area contributed by atoms with E-state index in [1.807, 2.05) is 13.8 Å². The van der Waals surface area contributed by atoms with Crippen molar-refractivity contribution in [3.8, 4) is 0 Å². The first kappa shape index (κ1) is 16.1. The van der Waals surface area contributed by atoms with E-state index in [-0.39, 0.29) is 16.8 Å². The molecule has 1 atom stereocenters. The van der Waals surface area contributed by atoms with Gasteiger partial charge < -0.3 is 5.32 Å². The van der Waals surface area contributed by atoms with E-state index < -0.39 is 10.0 Å². The number of amides is 1. The van der Waals surface area contributed by atoms with Crippen LogP contribution in [-0.4, -0.2) is 38.3 Å². The SMILES string of the molecule is CC[C@@H](C)NC(=O)c1cc(S(=O)(=O)N(C)CC)cs1. The third-order valence-electron chi connectivity index (χ3n) is 2.94. The minimum Gasteiger partial charge on any atom is -0.349 e. The highest BCUT2D eigenvalue weighted by Gasteiger charge is 2.22. The van der Waals surface area contributed by atoms with Crippen molar-refractivity contribution < 1.29 is 13.2 Å². The van der Waals surface area contributed by atoms with Crippen molar-refractivity contribution in [3.05, 3.63) is 16.3 Å². The fraction of sp³-hybridized carbons (Fsp3) is 0.583. The number of carbonyl (C=O) groups is 1. The molecule has 0 fully saturated rings. The van der Waals surface area contributed by atoms with Gasteiger partial charge in [0, 0.05) is 25.0 Å². The molecule has 19 heavy (non-hydrogen) atoms. The van der Waals surface area contributed by atoms with Gasteiger partial charge in [0.1, 0.15) is 0 Å². The number of rotatable bonds is 6. The van der Waals surface area contributed by atoms with Gasteiger partial charge in [-0.05, 0) is 19.4 Å². The molecule has 0 saturated heterocycles. The molecule has 1 rings (SSSR count). The van der Waals surface area contributed by atoms with Gasteiger partial charge in [0.05, 0.1) is 9.77 Å². The van der Waals surface area contributed by atoms with Crippen molar-refractivity contribution in [2.75, 3.05) is 13.6 Å². The van der Waals surface area contributed by atoms with Crippen LogP contribution >= 0.6 is 11.3 Å². The summed E-state index contributed by atoms with van der Waals surface area (Å²) in [6, 6.07) is 1.51. The van der Waals surface area contributed by atoms with Gasteiger partial charge in [-0.1, -0.05) is 13.8 Å². The van der Waals surface area contributed by atoms with E-state index in [2.05, 4.69) is 5.32 Å². The van der Waals surface area contributed by atoms with Gasteiger partial charge in [0.15, 0.2) is 0 Å². The molecule has 0 saturated carbocycles. The second-order valence-electron chi connectivity index (χ2n) is 4.35. The topological polar surface area (TPSA) is 66.5 Å². The van der Waals surface area contributed by atoms with Crippen LogP contribution in [0.1, 0.15) is 36.9 Å². The summed E-state index contributed by atoms with van der Waals surface area (Å²) in [5, 5.41) is 4.32. The van der Waals surface area contributed by atoms with Gasteiger partial charge in [-0.25, -0.2) is 12.7 Å². The highest BCUT2D eigenvalue weighted by Crippen LogP contribution is 2.22. The van der Waals surface area contributed by atoms with Crippen LogP contribution in [0.3, 0.4) is 0 Å². The molecule has 108 valence electrons. The Morgan fingerprint density at radius 3 is 2.63 bits per heavy atom. The Labute approximate surface area is 118 Å². The molecule has 1 amide bonds. The summed E-state index contributed by atoms with van der Waals surface area (Å²) in [4.78, 5) is 12.5. The molecule has 0 aliphatic carbocycles. The molecule has 0 aliphatic rings. The van der Waals surface area contributed by atoms with E-state index in [1.54, 1.807) is 6.92 Å². The average Bonchev–Trinajstić information content (AvgIpc) is 2.87. The van der Waals surface area contributed by atoms with Crippen LogP contribution in [-0.2, 0) is 10.0 Å². The number of nitrogens with one attached hydrogen (secondary N) is 1. The summed E-state index contributed by atoms with van der Waals surface area (Å²) in [5.41, 5.74) is 0. The molecule has 7 heteroatoms. The number of sulfonamides is 1. The van der Waals surface area contributed by atoms with Gasteiger partial charge in [-0.2, -0.15) is 0 Å². The molecule has 1 heterocycles. The summed E-state index contributed by atoms with van der Waals surface area (Å²) >= 11 is 1.15. The van der Waals surface area contributed by atoms with Crippen LogP contribution in [0.4, 0.5) is 0 Å². The molecule has 0 aromatic carbocycles. The summed E-state index contributed by atoms with van der Waals surface area (Å²) in [7, 11) is -1.95. The third-order valence-corrected chi connectivity index (χ3v) is 5.93. The zero-order valence-corrected chi connectivity index (χ0v) is 13.3. The maximum absolute atomic E-state index is 12.1. The monoisotopic (exact) mass is 304 g/mol. The van der Waals surface area contributed by atoms with Crippen LogP contribution < -0.4 is 5.32 Å². The zero-order chi connectivity index (χ0) is 14.6. The number of thiophene rings is 1. The average molecular weight is 304 g/mol. The van der Waals surface area contributed by atoms with E-state index in [4.69, 9.17) is 0 Å². The summed E-state index contributed by atoms with van der Waals surface area (Å²) in [6.07, 6.45) is 0.834. The van der Waals surface area contributed by atoms with Gasteiger partial charge in [0.25, 0.3) is 5.91 Å². The molecule has 0 aliphatic heterocycles. The van der Waals surface area contributed by atoms with E-state index in [9.17, 15) is 13.2 Å². The molecule has 1 N–H and O–H groups in total. The molecule has 0 spiro atoms. The smallest absolute Gasteiger partial charge is 0.261 e. The van der Waals surface area contributed by atoms with Crippen molar-refractivity contribution in [2.24, 2.45) is 0 Å². The molecular weight excluding hydrogens is 284 g/mol. The van der Waals surface area contributed by atoms with E-state index in [0.29, 0.717) is 11.4 Å². The van der Waals surface area contributed by atoms with Crippen LogP contribution in [0.2, 0.25) is 0 Å². The second kappa shape index (κ2) is 6.49. The Morgan fingerprint density at radius 2 is 2.11 bits per heavy atom. The highest BCUT2D eigenvalue weighted by molar-refractivity contribution is 7.89. The third kappa shape index (κ3) is 3.77. The first-order valence-corrected chi connectivity index (χ1v) is 8.50. The van der Waals surface area contributed by atoms with Crippen molar-refractivity contribution >= 4 is 27.3 Å². The van der Waals surface area contributed by atoms with Crippen LogP contribution in [0.25, 0.3) is 0 Å². The maximum atomic E-state index is 12.1. The fourth-order valence-electron chi connectivity index (χ4n) is 1.32. The minimum absolute atomic E-state index is 0.0768. The lowest BCUT2D eigenvalue weighted by Gasteiger charge is -2.13. The molecule has 1 aromatic rings. The lowest BCUT2D eigenvalue weighted by Crippen LogP contribution is -2.31. The lowest BCUT2D eigenvalue weighted by molar-refractivity contribution is 0.0943. The number of nitrogens with zero attached hydrogens (tertiary/aromatic N) is 1. The first-order chi connectivity index (χ1) is 8.82. The molecule has 5 nitrogen and oxygen atoms in total. The standard InChI is InChI=1S/C12H20N2O3S2/c1-5-9(3)13-12(15)11-7-10(8-18-11)19(16,17)14(4)6-2/h7-9H,5-6H2,1-4H3,(H,13,15)/t9-/m1/s1. The number of hydrogen-bond acceptors (Lipinski definition) is 4. The predicted octanol–water partition coefficient (Wildman–Crippen LogP) is 1.92. The molecule has 1 aromatic heterocycles. The van der Waals surface area contributed by atoms with Crippen LogP contribution in [0.15, 0.2) is 16.3 Å². The fourth-order valence-corrected chi connectivity index (χ4v) is 3.66.